The molecule has 0 N–H and O–H groups in total. The first kappa shape index (κ1) is 39.8. The number of rotatable bonds is 26. The summed E-state index contributed by atoms with van der Waals surface area (Å²) in [6.07, 6.45) is 37.1. The zero-order valence-corrected chi connectivity index (χ0v) is 32.3. The molecule has 0 spiro atoms. The number of hydrogen-bond donors (Lipinski definition) is 0. The lowest BCUT2D eigenvalue weighted by atomic mass is 9.77. The van der Waals surface area contributed by atoms with Crippen molar-refractivity contribution in [2.45, 2.75) is 199 Å². The highest BCUT2D eigenvalue weighted by Gasteiger charge is 2.23. The molecule has 2 saturated carbocycles. The normalized spacial score (nSPS) is 21.1. The molecule has 2 nitrogen and oxygen atoms in total. The van der Waals surface area contributed by atoms with E-state index in [1.54, 1.807) is 0 Å². The fourth-order valence-electron chi connectivity index (χ4n) is 8.78. The van der Waals surface area contributed by atoms with Crippen LogP contribution in [0.3, 0.4) is 0 Å². The monoisotopic (exact) mass is 673 g/mol. The maximum absolute atomic E-state index is 6.08. The molecule has 0 unspecified atom stereocenters. The third-order valence-corrected chi connectivity index (χ3v) is 12.2. The van der Waals surface area contributed by atoms with Gasteiger partial charge in [-0.3, -0.25) is 0 Å². The summed E-state index contributed by atoms with van der Waals surface area (Å²) in [5.41, 5.74) is 3.06. The van der Waals surface area contributed by atoms with Crippen molar-refractivity contribution in [3.8, 4) is 11.5 Å². The molecule has 276 valence electrons. The van der Waals surface area contributed by atoms with Gasteiger partial charge >= 0.3 is 0 Å². The van der Waals surface area contributed by atoms with Crippen LogP contribution in [0.2, 0.25) is 0 Å². The molecule has 2 aromatic carbocycles. The van der Waals surface area contributed by atoms with Crippen LogP contribution in [0.4, 0.5) is 0 Å². The molecule has 0 radical (unpaired) electrons. The largest absolute Gasteiger partial charge is 0.494 e. The van der Waals surface area contributed by atoms with E-state index in [2.05, 4.69) is 62.4 Å². The highest BCUT2D eigenvalue weighted by atomic mass is 16.5. The zero-order valence-electron chi connectivity index (χ0n) is 32.3. The fourth-order valence-corrected chi connectivity index (χ4v) is 8.78. The summed E-state index contributed by atoms with van der Waals surface area (Å²) in [5.74, 6) is 5.62. The van der Waals surface area contributed by atoms with Gasteiger partial charge in [-0.15, -0.1) is 0 Å². The number of benzene rings is 2. The van der Waals surface area contributed by atoms with E-state index in [0.29, 0.717) is 0 Å². The first-order valence-corrected chi connectivity index (χ1v) is 21.7. The number of unbranched alkanes of at least 4 members (excludes halogenated alkanes) is 14. The Bertz CT molecular complexity index is 957. The van der Waals surface area contributed by atoms with E-state index in [4.69, 9.17) is 9.47 Å². The molecule has 2 aliphatic rings. The fraction of sp³-hybridized carbons (Fsp3) is 0.745. The highest BCUT2D eigenvalue weighted by Crippen LogP contribution is 2.39. The van der Waals surface area contributed by atoms with Gasteiger partial charge in [0.1, 0.15) is 11.5 Å². The van der Waals surface area contributed by atoms with Gasteiger partial charge in [0.15, 0.2) is 0 Å². The predicted molar refractivity (Wildman–Crippen MR) is 212 cm³/mol. The molecule has 0 heterocycles. The van der Waals surface area contributed by atoms with Crippen molar-refractivity contribution in [3.63, 3.8) is 0 Å². The Labute approximate surface area is 303 Å². The molecule has 0 saturated heterocycles. The smallest absolute Gasteiger partial charge is 0.119 e. The van der Waals surface area contributed by atoms with Crippen LogP contribution in [0.1, 0.15) is 210 Å². The Kier molecular flexibility index (Phi) is 20.4. The van der Waals surface area contributed by atoms with Crippen LogP contribution in [0, 0.1) is 11.8 Å². The first-order valence-electron chi connectivity index (χ1n) is 21.7. The Morgan fingerprint density at radius 2 is 0.714 bits per heavy atom. The minimum Gasteiger partial charge on any atom is -0.494 e. The average Bonchev–Trinajstić information content (AvgIpc) is 3.14. The van der Waals surface area contributed by atoms with E-state index < -0.39 is 0 Å². The van der Waals surface area contributed by atoms with Gasteiger partial charge in [0.25, 0.3) is 0 Å². The van der Waals surface area contributed by atoms with Gasteiger partial charge in [0.2, 0.25) is 0 Å². The second kappa shape index (κ2) is 25.1. The SMILES string of the molecule is CCCCCC1CCC(c2ccc(OCCCCCCCCCCCCCOc3ccc(C4CCC(CCCCC)CC4)cc3)cc2)CC1. The minimum atomic E-state index is 0.768. The van der Waals surface area contributed by atoms with Gasteiger partial charge in [-0.05, 0) is 123 Å². The Balaban J connectivity index is 0.899. The van der Waals surface area contributed by atoms with Gasteiger partial charge in [0.05, 0.1) is 13.2 Å². The summed E-state index contributed by atoms with van der Waals surface area (Å²) in [5, 5.41) is 0. The molecule has 2 fully saturated rings. The standard InChI is InChI=1S/C47H76O2/c1-3-5-16-20-40-22-26-42(27-23-40)44-30-34-46(35-31-44)48-38-18-14-12-10-8-7-9-11-13-15-19-39-49-47-36-32-45(33-37-47)43-28-24-41(25-29-43)21-17-6-4-2/h30-37,40-43H,3-29,38-39H2,1-2H3. The van der Waals surface area contributed by atoms with Crippen LogP contribution in [-0.2, 0) is 0 Å². The van der Waals surface area contributed by atoms with Crippen molar-refractivity contribution in [2.75, 3.05) is 13.2 Å². The lowest BCUT2D eigenvalue weighted by Crippen LogP contribution is -2.13. The van der Waals surface area contributed by atoms with Crippen molar-refractivity contribution < 1.29 is 9.47 Å². The van der Waals surface area contributed by atoms with E-state index in [1.165, 1.54) is 184 Å². The molecule has 0 bridgehead atoms. The third-order valence-electron chi connectivity index (χ3n) is 12.2. The van der Waals surface area contributed by atoms with Crippen molar-refractivity contribution in [3.05, 3.63) is 59.7 Å². The molecule has 2 heteroatoms. The number of hydrogen-bond acceptors (Lipinski definition) is 2. The van der Waals surface area contributed by atoms with Crippen LogP contribution in [0.25, 0.3) is 0 Å². The quantitative estimate of drug-likeness (QED) is 0.0926. The summed E-state index contributed by atoms with van der Waals surface area (Å²) < 4.78 is 12.2. The third kappa shape index (κ3) is 16.3. The van der Waals surface area contributed by atoms with Crippen LogP contribution in [-0.4, -0.2) is 13.2 Å². The lowest BCUT2D eigenvalue weighted by molar-refractivity contribution is 0.299. The van der Waals surface area contributed by atoms with Crippen molar-refractivity contribution in [1.82, 2.24) is 0 Å². The molecule has 0 aliphatic heterocycles. The van der Waals surface area contributed by atoms with E-state index in [-0.39, 0.29) is 0 Å². The second-order valence-electron chi connectivity index (χ2n) is 16.2. The summed E-state index contributed by atoms with van der Waals surface area (Å²) in [7, 11) is 0. The average molecular weight is 673 g/mol. The van der Waals surface area contributed by atoms with E-state index in [1.807, 2.05) is 0 Å². The Morgan fingerprint density at radius 3 is 1.04 bits per heavy atom. The molecule has 49 heavy (non-hydrogen) atoms. The summed E-state index contributed by atoms with van der Waals surface area (Å²) in [6.45, 7) is 6.34. The van der Waals surface area contributed by atoms with Crippen LogP contribution in [0.5, 0.6) is 11.5 Å². The number of ether oxygens (including phenoxy) is 2. The maximum atomic E-state index is 6.08. The molecule has 0 amide bonds. The van der Waals surface area contributed by atoms with E-state index in [0.717, 1.165) is 48.4 Å². The summed E-state index contributed by atoms with van der Waals surface area (Å²) >= 11 is 0. The van der Waals surface area contributed by atoms with Gasteiger partial charge < -0.3 is 9.47 Å². The van der Waals surface area contributed by atoms with Crippen molar-refractivity contribution in [1.29, 1.82) is 0 Å². The predicted octanol–water partition coefficient (Wildman–Crippen LogP) is 15.1. The molecule has 0 aromatic heterocycles. The van der Waals surface area contributed by atoms with E-state index in [9.17, 15) is 0 Å². The first-order chi connectivity index (χ1) is 24.2. The molecular weight excluding hydrogens is 597 g/mol. The highest BCUT2D eigenvalue weighted by molar-refractivity contribution is 5.30. The maximum Gasteiger partial charge on any atom is 0.119 e. The minimum absolute atomic E-state index is 0.768. The molecule has 2 aromatic rings. The van der Waals surface area contributed by atoms with Gasteiger partial charge in [-0.1, -0.05) is 147 Å². The van der Waals surface area contributed by atoms with E-state index >= 15 is 0 Å². The van der Waals surface area contributed by atoms with Crippen LogP contribution < -0.4 is 9.47 Å². The topological polar surface area (TPSA) is 18.5 Å². The van der Waals surface area contributed by atoms with Crippen molar-refractivity contribution in [2.24, 2.45) is 11.8 Å². The Hall–Kier alpha value is -1.96. The zero-order chi connectivity index (χ0) is 34.2. The van der Waals surface area contributed by atoms with Crippen LogP contribution in [0.15, 0.2) is 48.5 Å². The van der Waals surface area contributed by atoms with Gasteiger partial charge in [0, 0.05) is 0 Å². The summed E-state index contributed by atoms with van der Waals surface area (Å²) in [4.78, 5) is 0. The molecular formula is C47H76O2. The van der Waals surface area contributed by atoms with Gasteiger partial charge in [-0.25, -0.2) is 0 Å². The summed E-state index contributed by atoms with van der Waals surface area (Å²) in [6, 6.07) is 18.2. The molecule has 2 aliphatic carbocycles. The van der Waals surface area contributed by atoms with Gasteiger partial charge in [-0.2, -0.15) is 0 Å². The molecule has 4 rings (SSSR count). The Morgan fingerprint density at radius 1 is 0.388 bits per heavy atom. The molecule has 0 atom stereocenters. The van der Waals surface area contributed by atoms with Crippen LogP contribution >= 0.6 is 0 Å². The lowest BCUT2D eigenvalue weighted by Gasteiger charge is -2.29. The second-order valence-corrected chi connectivity index (χ2v) is 16.2. The van der Waals surface area contributed by atoms with Crippen molar-refractivity contribution >= 4 is 0 Å².